The van der Waals surface area contributed by atoms with Crippen LogP contribution in [-0.2, 0) is 11.2 Å². The number of hydrogen-bond donors (Lipinski definition) is 1. The first-order valence-corrected chi connectivity index (χ1v) is 7.15. The van der Waals surface area contributed by atoms with Gasteiger partial charge < -0.3 is 5.32 Å². The molecule has 0 bridgehead atoms. The molecular weight excluding hydrogens is 278 g/mol. The zero-order valence-corrected chi connectivity index (χ0v) is 12.1. The second kappa shape index (κ2) is 7.49. The van der Waals surface area contributed by atoms with Crippen LogP contribution in [0.1, 0.15) is 30.9 Å². The Morgan fingerprint density at radius 2 is 2.12 bits per heavy atom. The van der Waals surface area contributed by atoms with Gasteiger partial charge in [-0.25, -0.2) is 0 Å². The Labute approximate surface area is 112 Å². The van der Waals surface area contributed by atoms with Crippen molar-refractivity contribution < 1.29 is 4.79 Å². The molecule has 0 aromatic heterocycles. The van der Waals surface area contributed by atoms with Crippen LogP contribution in [0, 0.1) is 6.92 Å². The van der Waals surface area contributed by atoms with Gasteiger partial charge in [0.2, 0.25) is 5.91 Å². The summed E-state index contributed by atoms with van der Waals surface area (Å²) in [6.45, 7) is 4.09. The van der Waals surface area contributed by atoms with E-state index in [2.05, 4.69) is 28.2 Å². The van der Waals surface area contributed by atoms with Crippen LogP contribution in [0.2, 0.25) is 0 Å². The van der Waals surface area contributed by atoms with Crippen molar-refractivity contribution in [1.29, 1.82) is 0 Å². The van der Waals surface area contributed by atoms with E-state index in [4.69, 9.17) is 0 Å². The van der Waals surface area contributed by atoms with Crippen LogP contribution in [0.15, 0.2) is 24.3 Å². The lowest BCUT2D eigenvalue weighted by Crippen LogP contribution is -2.33. The standard InChI is InChI=1S/C14H20BrNO/c1-11-6-3-4-8-13(11)10-14(17)16-12(2)7-5-9-15/h3-4,6,8,12H,5,7,9-10H2,1-2H3,(H,16,17). The molecule has 2 nitrogen and oxygen atoms in total. The maximum absolute atomic E-state index is 11.8. The van der Waals surface area contributed by atoms with Gasteiger partial charge in [-0.1, -0.05) is 40.2 Å². The molecule has 1 atom stereocenters. The molecule has 1 rings (SSSR count). The Kier molecular flexibility index (Phi) is 6.27. The zero-order chi connectivity index (χ0) is 12.7. The molecule has 0 heterocycles. The van der Waals surface area contributed by atoms with Crippen LogP contribution in [0.5, 0.6) is 0 Å². The molecule has 0 fully saturated rings. The van der Waals surface area contributed by atoms with Gasteiger partial charge in [0.25, 0.3) is 0 Å². The number of alkyl halides is 1. The molecule has 0 aliphatic heterocycles. The minimum Gasteiger partial charge on any atom is -0.353 e. The van der Waals surface area contributed by atoms with Crippen molar-refractivity contribution in [1.82, 2.24) is 5.32 Å². The summed E-state index contributed by atoms with van der Waals surface area (Å²) in [4.78, 5) is 11.8. The molecule has 1 aromatic rings. The van der Waals surface area contributed by atoms with Crippen LogP contribution in [-0.4, -0.2) is 17.3 Å². The van der Waals surface area contributed by atoms with E-state index >= 15 is 0 Å². The van der Waals surface area contributed by atoms with Gasteiger partial charge in [-0.05, 0) is 37.8 Å². The summed E-state index contributed by atoms with van der Waals surface area (Å²) in [5, 5.41) is 4.02. The number of nitrogens with one attached hydrogen (secondary N) is 1. The Morgan fingerprint density at radius 3 is 2.76 bits per heavy atom. The summed E-state index contributed by atoms with van der Waals surface area (Å²) in [7, 11) is 0. The van der Waals surface area contributed by atoms with E-state index in [-0.39, 0.29) is 11.9 Å². The first-order chi connectivity index (χ1) is 8.13. The van der Waals surface area contributed by atoms with Crippen molar-refractivity contribution in [2.75, 3.05) is 5.33 Å². The largest absolute Gasteiger partial charge is 0.353 e. The highest BCUT2D eigenvalue weighted by molar-refractivity contribution is 9.09. The molecule has 94 valence electrons. The summed E-state index contributed by atoms with van der Waals surface area (Å²) in [6, 6.07) is 8.28. The van der Waals surface area contributed by atoms with Gasteiger partial charge in [-0.3, -0.25) is 4.79 Å². The summed E-state index contributed by atoms with van der Waals surface area (Å²) in [5.41, 5.74) is 2.29. The fourth-order valence-electron chi connectivity index (χ4n) is 1.76. The van der Waals surface area contributed by atoms with Crippen molar-refractivity contribution in [3.8, 4) is 0 Å². The molecule has 0 aliphatic rings. The monoisotopic (exact) mass is 297 g/mol. The summed E-state index contributed by atoms with van der Waals surface area (Å²) in [5.74, 6) is 0.112. The van der Waals surface area contributed by atoms with Gasteiger partial charge in [-0.15, -0.1) is 0 Å². The number of hydrogen-bond acceptors (Lipinski definition) is 1. The van der Waals surface area contributed by atoms with Crippen LogP contribution >= 0.6 is 15.9 Å². The van der Waals surface area contributed by atoms with Crippen LogP contribution < -0.4 is 5.32 Å². The third kappa shape index (κ3) is 5.35. The number of carbonyl (C=O) groups excluding carboxylic acids is 1. The Balaban J connectivity index is 2.42. The molecule has 3 heteroatoms. The molecule has 0 aliphatic carbocycles. The second-order valence-corrected chi connectivity index (χ2v) is 5.20. The number of carbonyl (C=O) groups is 1. The first kappa shape index (κ1) is 14.2. The van der Waals surface area contributed by atoms with E-state index in [1.165, 1.54) is 5.56 Å². The van der Waals surface area contributed by atoms with Crippen LogP contribution in [0.4, 0.5) is 0 Å². The first-order valence-electron chi connectivity index (χ1n) is 6.03. The number of aryl methyl sites for hydroxylation is 1. The second-order valence-electron chi connectivity index (χ2n) is 4.40. The van der Waals surface area contributed by atoms with Gasteiger partial charge >= 0.3 is 0 Å². The third-order valence-electron chi connectivity index (χ3n) is 2.79. The predicted octanol–water partition coefficient (Wildman–Crippen LogP) is 3.22. The van der Waals surface area contributed by atoms with Crippen molar-refractivity contribution >= 4 is 21.8 Å². The van der Waals surface area contributed by atoms with Crippen molar-refractivity contribution in [2.24, 2.45) is 0 Å². The molecule has 17 heavy (non-hydrogen) atoms. The minimum absolute atomic E-state index is 0.112. The highest BCUT2D eigenvalue weighted by atomic mass is 79.9. The lowest BCUT2D eigenvalue weighted by atomic mass is 10.1. The Hall–Kier alpha value is -0.830. The summed E-state index contributed by atoms with van der Waals surface area (Å²) >= 11 is 3.39. The minimum atomic E-state index is 0.112. The number of benzene rings is 1. The van der Waals surface area contributed by atoms with Gasteiger partial charge in [0.1, 0.15) is 0 Å². The predicted molar refractivity (Wildman–Crippen MR) is 75.5 cm³/mol. The topological polar surface area (TPSA) is 29.1 Å². The smallest absolute Gasteiger partial charge is 0.224 e. The van der Waals surface area contributed by atoms with E-state index in [1.54, 1.807) is 0 Å². The molecule has 1 unspecified atom stereocenters. The lowest BCUT2D eigenvalue weighted by Gasteiger charge is -2.13. The fraction of sp³-hybridized carbons (Fsp3) is 0.500. The van der Waals surface area contributed by atoms with Crippen molar-refractivity contribution in [3.05, 3.63) is 35.4 Å². The van der Waals surface area contributed by atoms with Crippen molar-refractivity contribution in [2.45, 2.75) is 39.2 Å². The van der Waals surface area contributed by atoms with Gasteiger partial charge in [0.15, 0.2) is 0 Å². The number of amides is 1. The highest BCUT2D eigenvalue weighted by Crippen LogP contribution is 2.08. The average Bonchev–Trinajstić information content (AvgIpc) is 2.29. The SMILES string of the molecule is Cc1ccccc1CC(=O)NC(C)CCCBr. The number of halogens is 1. The molecule has 1 aromatic carbocycles. The maximum Gasteiger partial charge on any atom is 0.224 e. The van der Waals surface area contributed by atoms with E-state index in [0.717, 1.165) is 23.7 Å². The quantitative estimate of drug-likeness (QED) is 0.803. The molecule has 1 N–H and O–H groups in total. The lowest BCUT2D eigenvalue weighted by molar-refractivity contribution is -0.121. The Morgan fingerprint density at radius 1 is 1.41 bits per heavy atom. The molecule has 0 saturated heterocycles. The maximum atomic E-state index is 11.8. The third-order valence-corrected chi connectivity index (χ3v) is 3.35. The van der Waals surface area contributed by atoms with E-state index in [1.807, 2.05) is 31.2 Å². The molecular formula is C14H20BrNO. The average molecular weight is 298 g/mol. The van der Waals surface area contributed by atoms with Gasteiger partial charge in [-0.2, -0.15) is 0 Å². The van der Waals surface area contributed by atoms with Gasteiger partial charge in [0, 0.05) is 11.4 Å². The summed E-state index contributed by atoms with van der Waals surface area (Å²) in [6.07, 6.45) is 2.59. The zero-order valence-electron chi connectivity index (χ0n) is 10.5. The van der Waals surface area contributed by atoms with Crippen LogP contribution in [0.3, 0.4) is 0 Å². The number of rotatable bonds is 6. The van der Waals surface area contributed by atoms with Crippen LogP contribution in [0.25, 0.3) is 0 Å². The van der Waals surface area contributed by atoms with E-state index < -0.39 is 0 Å². The molecule has 0 saturated carbocycles. The van der Waals surface area contributed by atoms with Crippen molar-refractivity contribution in [3.63, 3.8) is 0 Å². The molecule has 0 spiro atoms. The Bertz CT molecular complexity index is 365. The fourth-order valence-corrected chi connectivity index (χ4v) is 2.09. The normalized spacial score (nSPS) is 12.2. The van der Waals surface area contributed by atoms with Gasteiger partial charge in [0.05, 0.1) is 6.42 Å². The highest BCUT2D eigenvalue weighted by Gasteiger charge is 2.08. The summed E-state index contributed by atoms with van der Waals surface area (Å²) < 4.78 is 0. The molecule has 0 radical (unpaired) electrons. The molecule has 1 amide bonds. The van der Waals surface area contributed by atoms with E-state index in [0.29, 0.717) is 6.42 Å². The van der Waals surface area contributed by atoms with E-state index in [9.17, 15) is 4.79 Å².